The van der Waals surface area contributed by atoms with Crippen LogP contribution in [0.5, 0.6) is 0 Å². The van der Waals surface area contributed by atoms with Crippen molar-refractivity contribution in [1.82, 2.24) is 4.90 Å². The molecular formula is C16H28BNS. The van der Waals surface area contributed by atoms with Gasteiger partial charge in [0.05, 0.1) is 4.99 Å². The van der Waals surface area contributed by atoms with Gasteiger partial charge in [0.15, 0.2) is 0 Å². The van der Waals surface area contributed by atoms with Gasteiger partial charge >= 0.3 is 0 Å². The van der Waals surface area contributed by atoms with Crippen molar-refractivity contribution in [2.75, 3.05) is 6.54 Å². The van der Waals surface area contributed by atoms with Crippen LogP contribution in [0.1, 0.15) is 59.3 Å². The minimum atomic E-state index is 0.589. The van der Waals surface area contributed by atoms with E-state index in [1.165, 1.54) is 57.3 Å². The van der Waals surface area contributed by atoms with E-state index in [2.05, 4.69) is 25.7 Å². The maximum Gasteiger partial charge on any atom is 0.131 e. The molecule has 1 saturated carbocycles. The first-order valence-electron chi connectivity index (χ1n) is 8.40. The van der Waals surface area contributed by atoms with Gasteiger partial charge in [-0.05, 0) is 32.6 Å². The van der Waals surface area contributed by atoms with E-state index in [1.54, 1.807) is 0 Å². The zero-order valence-electron chi connectivity index (χ0n) is 12.8. The van der Waals surface area contributed by atoms with Gasteiger partial charge < -0.3 is 4.90 Å². The van der Waals surface area contributed by atoms with Gasteiger partial charge in [-0.1, -0.05) is 56.0 Å². The Balaban J connectivity index is 1.84. The lowest BCUT2D eigenvalue weighted by Gasteiger charge is -2.47. The first-order valence-corrected chi connectivity index (χ1v) is 8.81. The van der Waals surface area contributed by atoms with Crippen LogP contribution in [0.3, 0.4) is 0 Å². The summed E-state index contributed by atoms with van der Waals surface area (Å²) < 4.78 is 0. The van der Waals surface area contributed by atoms with Crippen LogP contribution in [-0.2, 0) is 0 Å². The Morgan fingerprint density at radius 1 is 1.32 bits per heavy atom. The Labute approximate surface area is 124 Å². The van der Waals surface area contributed by atoms with Gasteiger partial charge in [0.2, 0.25) is 0 Å². The quantitative estimate of drug-likeness (QED) is 0.553. The summed E-state index contributed by atoms with van der Waals surface area (Å²) in [5, 5.41) is 0.693. The number of piperidine rings is 1. The van der Waals surface area contributed by atoms with Crippen molar-refractivity contribution in [3.8, 4) is 0 Å². The normalized spacial score (nSPS) is 42.0. The molecule has 1 aliphatic carbocycles. The Kier molecular flexibility index (Phi) is 3.70. The molecule has 0 aromatic heterocycles. The van der Waals surface area contributed by atoms with Crippen LogP contribution in [0, 0.1) is 11.8 Å². The molecule has 0 spiro atoms. The molecule has 0 radical (unpaired) electrons. The second-order valence-corrected chi connectivity index (χ2v) is 7.82. The lowest BCUT2D eigenvalue weighted by atomic mass is 9.64. The molecule has 2 aliphatic heterocycles. The number of thiocarbonyl (C=S) groups is 1. The molecule has 2 heterocycles. The molecule has 3 rings (SSSR count). The number of nitrogens with zero attached hydrogens (tertiary/aromatic N) is 1. The van der Waals surface area contributed by atoms with Crippen LogP contribution in [0.15, 0.2) is 0 Å². The monoisotopic (exact) mass is 277 g/mol. The molecule has 0 aromatic carbocycles. The highest BCUT2D eigenvalue weighted by Crippen LogP contribution is 2.70. The fourth-order valence-corrected chi connectivity index (χ4v) is 5.78. The van der Waals surface area contributed by atoms with Crippen molar-refractivity contribution in [2.45, 2.75) is 76.5 Å². The Hall–Kier alpha value is -0.0451. The maximum absolute atomic E-state index is 5.90. The van der Waals surface area contributed by atoms with Crippen LogP contribution in [0.25, 0.3) is 0 Å². The number of fused-ring (bicyclic) bond motifs is 3. The van der Waals surface area contributed by atoms with Gasteiger partial charge in [0, 0.05) is 18.5 Å². The molecule has 0 bridgehead atoms. The van der Waals surface area contributed by atoms with E-state index in [0.717, 1.165) is 17.7 Å². The van der Waals surface area contributed by atoms with E-state index in [4.69, 9.17) is 12.2 Å². The van der Waals surface area contributed by atoms with E-state index in [9.17, 15) is 0 Å². The van der Waals surface area contributed by atoms with E-state index in [0.29, 0.717) is 11.4 Å². The van der Waals surface area contributed by atoms with Gasteiger partial charge in [0.1, 0.15) is 7.28 Å². The molecule has 1 nitrogen and oxygen atoms in total. The molecular weight excluding hydrogens is 249 g/mol. The topological polar surface area (TPSA) is 3.24 Å². The summed E-state index contributed by atoms with van der Waals surface area (Å²) in [6.07, 6.45) is 8.50. The van der Waals surface area contributed by atoms with Crippen LogP contribution >= 0.6 is 12.2 Å². The predicted molar refractivity (Wildman–Crippen MR) is 88.4 cm³/mol. The van der Waals surface area contributed by atoms with Crippen molar-refractivity contribution in [1.29, 1.82) is 0 Å². The maximum atomic E-state index is 5.90. The smallest absolute Gasteiger partial charge is 0.131 e. The number of rotatable bonds is 2. The van der Waals surface area contributed by atoms with Gasteiger partial charge in [-0.3, -0.25) is 0 Å². The third kappa shape index (κ3) is 2.16. The van der Waals surface area contributed by atoms with E-state index >= 15 is 0 Å². The molecule has 0 amide bonds. The molecule has 106 valence electrons. The molecule has 0 aromatic rings. The summed E-state index contributed by atoms with van der Waals surface area (Å²) in [4.78, 5) is 3.82. The van der Waals surface area contributed by atoms with E-state index in [-0.39, 0.29) is 0 Å². The van der Waals surface area contributed by atoms with Crippen LogP contribution < -0.4 is 0 Å². The molecule has 3 fully saturated rings. The van der Waals surface area contributed by atoms with Gasteiger partial charge in [-0.2, -0.15) is 0 Å². The highest BCUT2D eigenvalue weighted by atomic mass is 32.1. The summed E-state index contributed by atoms with van der Waals surface area (Å²) in [6.45, 7) is 8.23. The largest absolute Gasteiger partial charge is 0.363 e. The Morgan fingerprint density at radius 3 is 2.74 bits per heavy atom. The third-order valence-corrected chi connectivity index (χ3v) is 6.92. The average Bonchev–Trinajstić information content (AvgIpc) is 3.06. The van der Waals surface area contributed by atoms with Crippen molar-refractivity contribution < 1.29 is 0 Å². The van der Waals surface area contributed by atoms with E-state index < -0.39 is 0 Å². The van der Waals surface area contributed by atoms with Crippen molar-refractivity contribution in [3.63, 3.8) is 0 Å². The molecule has 4 unspecified atom stereocenters. The number of hydrogen-bond donors (Lipinski definition) is 0. The Morgan fingerprint density at radius 2 is 2.05 bits per heavy atom. The zero-order chi connectivity index (χ0) is 13.6. The molecule has 2 saturated heterocycles. The second-order valence-electron chi connectivity index (χ2n) is 7.40. The Bertz CT molecular complexity index is 370. The first kappa shape index (κ1) is 13.9. The van der Waals surface area contributed by atoms with Crippen LogP contribution in [-0.4, -0.2) is 29.8 Å². The van der Waals surface area contributed by atoms with Crippen molar-refractivity contribution >= 4 is 24.5 Å². The fraction of sp³-hybridized carbons (Fsp3) is 0.938. The first-order chi connectivity index (χ1) is 9.10. The van der Waals surface area contributed by atoms with E-state index in [1.807, 2.05) is 0 Å². The number of likely N-dealkylation sites (tertiary alicyclic amines) is 1. The third-order valence-electron chi connectivity index (χ3n) is 6.38. The van der Waals surface area contributed by atoms with Crippen LogP contribution in [0.4, 0.5) is 0 Å². The van der Waals surface area contributed by atoms with Gasteiger partial charge in [0.25, 0.3) is 0 Å². The highest BCUT2D eigenvalue weighted by molar-refractivity contribution is 7.80. The molecule has 0 N–H and O–H groups in total. The molecule has 3 heteroatoms. The minimum Gasteiger partial charge on any atom is -0.363 e. The highest BCUT2D eigenvalue weighted by Gasteiger charge is 2.60. The average molecular weight is 277 g/mol. The second kappa shape index (κ2) is 5.05. The predicted octanol–water partition coefficient (Wildman–Crippen LogP) is 4.04. The molecule has 3 aliphatic rings. The lowest BCUT2D eigenvalue weighted by molar-refractivity contribution is 0.179. The number of hydrogen-bond acceptors (Lipinski definition) is 1. The standard InChI is InChI=1S/C16H28BNS/c1-4-16-13-9-10-18(11(2)3)15(19)12(13)7-5-6-8-14(16)17-16/h11-14,17H,4-10H2,1-3H3. The molecule has 4 atom stereocenters. The lowest BCUT2D eigenvalue weighted by Crippen LogP contribution is -2.49. The summed E-state index contributed by atoms with van der Waals surface area (Å²) in [5.74, 6) is 2.67. The van der Waals surface area contributed by atoms with Gasteiger partial charge in [-0.25, -0.2) is 0 Å². The SMILES string of the molecule is CCC12BC1CCCCC1C(=S)N(C(C)C)CCC12. The zero-order valence-corrected chi connectivity index (χ0v) is 13.6. The van der Waals surface area contributed by atoms with Crippen molar-refractivity contribution in [2.24, 2.45) is 11.8 Å². The molecule has 19 heavy (non-hydrogen) atoms. The van der Waals surface area contributed by atoms with Crippen molar-refractivity contribution in [3.05, 3.63) is 0 Å². The summed E-state index contributed by atoms with van der Waals surface area (Å²) >= 11 is 5.90. The summed E-state index contributed by atoms with van der Waals surface area (Å²) in [6, 6.07) is 0.589. The summed E-state index contributed by atoms with van der Waals surface area (Å²) in [7, 11) is 1.51. The summed E-state index contributed by atoms with van der Waals surface area (Å²) in [5.41, 5.74) is 0. The fourth-order valence-electron chi connectivity index (χ4n) is 5.19. The van der Waals surface area contributed by atoms with Gasteiger partial charge in [-0.15, -0.1) is 0 Å². The minimum absolute atomic E-state index is 0.589. The van der Waals surface area contributed by atoms with Crippen LogP contribution in [0.2, 0.25) is 11.1 Å².